The van der Waals surface area contributed by atoms with E-state index >= 15 is 0 Å². The predicted octanol–water partition coefficient (Wildman–Crippen LogP) is 4.43. The van der Waals surface area contributed by atoms with Crippen LogP contribution < -0.4 is 5.32 Å². The van der Waals surface area contributed by atoms with E-state index in [1.807, 2.05) is 13.0 Å². The first-order valence-electron chi connectivity index (χ1n) is 8.77. The highest BCUT2D eigenvalue weighted by Gasteiger charge is 2.33. The minimum Gasteiger partial charge on any atom is -0.336 e. The van der Waals surface area contributed by atoms with E-state index in [2.05, 4.69) is 5.32 Å². The van der Waals surface area contributed by atoms with Crippen LogP contribution in [-0.4, -0.2) is 28.5 Å². The van der Waals surface area contributed by atoms with Crippen molar-refractivity contribution in [2.24, 2.45) is 0 Å². The molecule has 2 amide bonds. The number of halogens is 2. The van der Waals surface area contributed by atoms with Crippen LogP contribution in [0.15, 0.2) is 41.3 Å². The zero-order chi connectivity index (χ0) is 19.1. The number of fused-ring (bicyclic) bond motifs is 2. The van der Waals surface area contributed by atoms with E-state index in [1.165, 1.54) is 23.9 Å². The number of carbonyl (C=O) groups excluding carboxylic acids is 2. The number of carbonyl (C=O) groups is 2. The molecule has 2 aliphatic heterocycles. The number of nitrogens with zero attached hydrogens (tertiary/aromatic N) is 1. The molecular weight excluding hydrogens is 387 g/mol. The lowest BCUT2D eigenvalue weighted by molar-refractivity contribution is -0.135. The number of nitrogens with one attached hydrogen (secondary N) is 1. The normalized spacial score (nSPS) is 21.3. The summed E-state index contributed by atoms with van der Waals surface area (Å²) in [5.41, 5.74) is 2.59. The maximum Gasteiger partial charge on any atom is 0.238 e. The van der Waals surface area contributed by atoms with Crippen molar-refractivity contribution in [3.63, 3.8) is 0 Å². The van der Waals surface area contributed by atoms with Gasteiger partial charge in [0, 0.05) is 22.9 Å². The van der Waals surface area contributed by atoms with E-state index in [9.17, 15) is 14.0 Å². The maximum atomic E-state index is 13.6. The zero-order valence-corrected chi connectivity index (χ0v) is 16.2. The summed E-state index contributed by atoms with van der Waals surface area (Å²) in [7, 11) is 0. The van der Waals surface area contributed by atoms with E-state index < -0.39 is 5.25 Å². The number of thioether (sulfide) groups is 1. The molecule has 2 aromatic carbocycles. The van der Waals surface area contributed by atoms with Crippen LogP contribution in [0.1, 0.15) is 30.5 Å². The van der Waals surface area contributed by atoms with Crippen LogP contribution in [0.2, 0.25) is 5.02 Å². The molecule has 0 aliphatic carbocycles. The highest BCUT2D eigenvalue weighted by molar-refractivity contribution is 8.01. The second kappa shape index (κ2) is 7.17. The van der Waals surface area contributed by atoms with Crippen molar-refractivity contribution in [1.29, 1.82) is 0 Å². The summed E-state index contributed by atoms with van der Waals surface area (Å²) in [4.78, 5) is 28.0. The van der Waals surface area contributed by atoms with Gasteiger partial charge < -0.3 is 10.2 Å². The largest absolute Gasteiger partial charge is 0.336 e. The van der Waals surface area contributed by atoms with Crippen molar-refractivity contribution in [2.75, 3.05) is 11.9 Å². The third-order valence-electron chi connectivity index (χ3n) is 5.09. The van der Waals surface area contributed by atoms with Crippen molar-refractivity contribution >= 4 is 40.9 Å². The summed E-state index contributed by atoms with van der Waals surface area (Å²) in [6.07, 6.45) is 0.796. The smallest absolute Gasteiger partial charge is 0.238 e. The molecule has 7 heteroatoms. The fraction of sp³-hybridized carbons (Fsp3) is 0.300. The number of rotatable bonds is 2. The lowest BCUT2D eigenvalue weighted by Crippen LogP contribution is -2.42. The topological polar surface area (TPSA) is 49.4 Å². The molecule has 2 atom stereocenters. The Morgan fingerprint density at radius 2 is 2.15 bits per heavy atom. The van der Waals surface area contributed by atoms with E-state index in [0.29, 0.717) is 23.7 Å². The number of anilines is 1. The Morgan fingerprint density at radius 3 is 2.96 bits per heavy atom. The molecular formula is C20H18ClFN2O2S. The molecule has 0 aromatic heterocycles. The molecule has 0 radical (unpaired) electrons. The molecule has 2 aliphatic rings. The second-order valence-electron chi connectivity index (χ2n) is 6.80. The second-order valence-corrected chi connectivity index (χ2v) is 8.48. The monoisotopic (exact) mass is 404 g/mol. The number of hydrogen-bond donors (Lipinski definition) is 1. The van der Waals surface area contributed by atoms with Gasteiger partial charge in [0.25, 0.3) is 0 Å². The van der Waals surface area contributed by atoms with Gasteiger partial charge in [-0.3, -0.25) is 9.59 Å². The predicted molar refractivity (Wildman–Crippen MR) is 105 cm³/mol. The summed E-state index contributed by atoms with van der Waals surface area (Å²) in [6, 6.07) is 9.86. The summed E-state index contributed by atoms with van der Waals surface area (Å²) >= 11 is 7.34. The van der Waals surface area contributed by atoms with Crippen LogP contribution in [0.25, 0.3) is 0 Å². The van der Waals surface area contributed by atoms with Crippen molar-refractivity contribution in [3.05, 3.63) is 58.4 Å². The van der Waals surface area contributed by atoms with Crippen molar-refractivity contribution in [1.82, 2.24) is 4.90 Å². The van der Waals surface area contributed by atoms with Crippen LogP contribution >= 0.6 is 23.4 Å². The van der Waals surface area contributed by atoms with Gasteiger partial charge in [-0.05, 0) is 54.8 Å². The average molecular weight is 405 g/mol. The average Bonchev–Trinajstić information content (AvgIpc) is 2.63. The van der Waals surface area contributed by atoms with Gasteiger partial charge >= 0.3 is 0 Å². The number of amides is 2. The quantitative estimate of drug-likeness (QED) is 0.805. The van der Waals surface area contributed by atoms with Gasteiger partial charge in [0.05, 0.1) is 17.0 Å². The Balaban J connectivity index is 1.49. The van der Waals surface area contributed by atoms with Gasteiger partial charge in [-0.25, -0.2) is 4.39 Å². The Hall–Kier alpha value is -2.05. The first-order valence-corrected chi connectivity index (χ1v) is 10.0. The van der Waals surface area contributed by atoms with E-state index in [1.54, 1.807) is 23.1 Å². The lowest BCUT2D eigenvalue weighted by Gasteiger charge is -2.36. The molecule has 27 heavy (non-hydrogen) atoms. The minimum atomic E-state index is -0.493. The SMILES string of the molecule is CC1c2cc(F)ccc2CCN1C(=O)CC1Sc2ccc(Cl)cc2NC1=O. The van der Waals surface area contributed by atoms with Gasteiger partial charge in [0.2, 0.25) is 11.8 Å². The molecule has 0 saturated carbocycles. The molecule has 1 N–H and O–H groups in total. The lowest BCUT2D eigenvalue weighted by atomic mass is 9.93. The van der Waals surface area contributed by atoms with Crippen LogP contribution in [0.5, 0.6) is 0 Å². The van der Waals surface area contributed by atoms with Crippen LogP contribution in [0.3, 0.4) is 0 Å². The van der Waals surface area contributed by atoms with Gasteiger partial charge in [-0.15, -0.1) is 11.8 Å². The Morgan fingerprint density at radius 1 is 1.33 bits per heavy atom. The van der Waals surface area contributed by atoms with Crippen LogP contribution in [-0.2, 0) is 16.0 Å². The first-order chi connectivity index (χ1) is 12.9. The molecule has 0 fully saturated rings. The highest BCUT2D eigenvalue weighted by atomic mass is 35.5. The number of hydrogen-bond acceptors (Lipinski definition) is 3. The Labute approximate surface area is 166 Å². The summed E-state index contributed by atoms with van der Waals surface area (Å²) in [6.45, 7) is 2.48. The van der Waals surface area contributed by atoms with Gasteiger partial charge in [0.1, 0.15) is 5.82 Å². The van der Waals surface area contributed by atoms with E-state index in [0.717, 1.165) is 16.0 Å². The molecule has 2 aromatic rings. The minimum absolute atomic E-state index is 0.0949. The van der Waals surface area contributed by atoms with Crippen LogP contribution in [0, 0.1) is 5.82 Å². The fourth-order valence-corrected chi connectivity index (χ4v) is 4.91. The fourth-order valence-electron chi connectivity index (χ4n) is 3.66. The van der Waals surface area contributed by atoms with Gasteiger partial charge in [0.15, 0.2) is 0 Å². The Kier molecular flexibility index (Phi) is 4.86. The summed E-state index contributed by atoms with van der Waals surface area (Å²) in [5.74, 6) is -0.589. The third kappa shape index (κ3) is 3.56. The van der Waals surface area contributed by atoms with Gasteiger partial charge in [-0.2, -0.15) is 0 Å². The Bertz CT molecular complexity index is 936. The van der Waals surface area contributed by atoms with Crippen molar-refractivity contribution in [3.8, 4) is 0 Å². The molecule has 4 nitrogen and oxygen atoms in total. The highest BCUT2D eigenvalue weighted by Crippen LogP contribution is 2.39. The zero-order valence-electron chi connectivity index (χ0n) is 14.7. The molecule has 2 heterocycles. The summed E-state index contributed by atoms with van der Waals surface area (Å²) < 4.78 is 13.6. The van der Waals surface area contributed by atoms with Crippen molar-refractivity contribution in [2.45, 2.75) is 36.0 Å². The van der Waals surface area contributed by atoms with E-state index in [4.69, 9.17) is 11.6 Å². The number of benzene rings is 2. The third-order valence-corrected chi connectivity index (χ3v) is 6.60. The molecule has 140 valence electrons. The van der Waals surface area contributed by atoms with Crippen molar-refractivity contribution < 1.29 is 14.0 Å². The molecule has 0 saturated heterocycles. The standard InChI is InChI=1S/C20H18ClFN2O2S/c1-11-15-9-14(22)4-2-12(15)6-7-24(11)19(25)10-18-20(26)23-16-8-13(21)3-5-17(16)27-18/h2-5,8-9,11,18H,6-7,10H2,1H3,(H,23,26). The van der Waals surface area contributed by atoms with E-state index in [-0.39, 0.29) is 30.1 Å². The first kappa shape index (κ1) is 18.3. The molecule has 0 bridgehead atoms. The summed E-state index contributed by atoms with van der Waals surface area (Å²) in [5, 5.41) is 2.89. The van der Waals surface area contributed by atoms with Gasteiger partial charge in [-0.1, -0.05) is 17.7 Å². The van der Waals surface area contributed by atoms with Crippen LogP contribution in [0.4, 0.5) is 10.1 Å². The molecule has 4 rings (SSSR count). The molecule has 0 spiro atoms. The maximum absolute atomic E-state index is 13.6. The molecule has 2 unspecified atom stereocenters.